The van der Waals surface area contributed by atoms with Crippen molar-refractivity contribution in [1.29, 1.82) is 0 Å². The minimum Gasteiger partial charge on any atom is -0.498 e. The number of ketones is 1. The van der Waals surface area contributed by atoms with Crippen LogP contribution in [0.15, 0.2) is 11.8 Å². The quantitative estimate of drug-likeness (QED) is 0.707. The Bertz CT molecular complexity index is 254. The second kappa shape index (κ2) is 4.07. The number of carbonyl (C=O) groups excluding carboxylic acids is 1. The number of ether oxygens (including phenoxy) is 1. The largest absolute Gasteiger partial charge is 0.498 e. The lowest BCUT2D eigenvalue weighted by molar-refractivity contribution is -0.139. The van der Waals surface area contributed by atoms with Gasteiger partial charge in [-0.2, -0.15) is 0 Å². The first-order valence-corrected chi connectivity index (χ1v) is 4.22. The van der Waals surface area contributed by atoms with E-state index in [1.165, 1.54) is 6.08 Å². The van der Waals surface area contributed by atoms with Gasteiger partial charge in [-0.15, -0.1) is 0 Å². The highest BCUT2D eigenvalue weighted by atomic mass is 16.5. The van der Waals surface area contributed by atoms with Gasteiger partial charge in [0.05, 0.1) is 13.0 Å². The maximum Gasteiger partial charge on any atom is 0.304 e. The average molecular weight is 184 g/mol. The Morgan fingerprint density at radius 1 is 1.77 bits per heavy atom. The second-order valence-corrected chi connectivity index (χ2v) is 2.94. The summed E-state index contributed by atoms with van der Waals surface area (Å²) in [7, 11) is 0. The molecule has 0 heterocycles. The van der Waals surface area contributed by atoms with Crippen LogP contribution in [0, 0.1) is 5.92 Å². The van der Waals surface area contributed by atoms with Crippen LogP contribution in [0.25, 0.3) is 0 Å². The van der Waals surface area contributed by atoms with E-state index < -0.39 is 11.9 Å². The van der Waals surface area contributed by atoms with Gasteiger partial charge < -0.3 is 9.84 Å². The van der Waals surface area contributed by atoms with Crippen molar-refractivity contribution in [1.82, 2.24) is 0 Å². The third kappa shape index (κ3) is 2.57. The molecule has 0 radical (unpaired) electrons. The van der Waals surface area contributed by atoms with Gasteiger partial charge >= 0.3 is 5.97 Å². The minimum atomic E-state index is -0.940. The molecule has 1 rings (SSSR count). The highest BCUT2D eigenvalue weighted by Gasteiger charge is 2.28. The number of allylic oxidation sites excluding steroid dienone is 2. The minimum absolute atomic E-state index is 0.105. The molecular weight excluding hydrogens is 172 g/mol. The third-order valence-electron chi connectivity index (χ3n) is 1.90. The highest BCUT2D eigenvalue weighted by Crippen LogP contribution is 2.25. The molecule has 0 fully saturated rings. The van der Waals surface area contributed by atoms with Crippen molar-refractivity contribution < 1.29 is 19.4 Å². The second-order valence-electron chi connectivity index (χ2n) is 2.94. The summed E-state index contributed by atoms with van der Waals surface area (Å²) in [5.74, 6) is -0.881. The zero-order chi connectivity index (χ0) is 9.84. The smallest absolute Gasteiger partial charge is 0.304 e. The summed E-state index contributed by atoms with van der Waals surface area (Å²) < 4.78 is 5.13. The van der Waals surface area contributed by atoms with Crippen LogP contribution in [0.1, 0.15) is 19.8 Å². The standard InChI is InChI=1S/C9H12O4/c1-2-13-7-3-6(4-9(11)12)8(10)5-7/h5-6H,2-4H2,1H3,(H,11,12). The maximum absolute atomic E-state index is 11.2. The van der Waals surface area contributed by atoms with Crippen molar-refractivity contribution in [2.24, 2.45) is 5.92 Å². The Hall–Kier alpha value is -1.32. The Balaban J connectivity index is 2.49. The van der Waals surface area contributed by atoms with Crippen molar-refractivity contribution in [2.75, 3.05) is 6.61 Å². The SMILES string of the molecule is CCOC1=CC(=O)C(CC(=O)O)C1. The van der Waals surface area contributed by atoms with Gasteiger partial charge in [0.25, 0.3) is 0 Å². The van der Waals surface area contributed by atoms with Gasteiger partial charge in [0, 0.05) is 18.4 Å². The van der Waals surface area contributed by atoms with Crippen LogP contribution in [0.5, 0.6) is 0 Å². The monoisotopic (exact) mass is 184 g/mol. The molecule has 1 aliphatic rings. The number of carboxylic acids is 1. The van der Waals surface area contributed by atoms with Crippen molar-refractivity contribution in [3.8, 4) is 0 Å². The molecule has 4 nitrogen and oxygen atoms in total. The van der Waals surface area contributed by atoms with E-state index in [0.29, 0.717) is 18.8 Å². The molecule has 0 aromatic rings. The van der Waals surface area contributed by atoms with E-state index in [-0.39, 0.29) is 12.2 Å². The molecule has 0 saturated heterocycles. The van der Waals surface area contributed by atoms with Crippen LogP contribution in [0.2, 0.25) is 0 Å². The average Bonchev–Trinajstić information content (AvgIpc) is 2.31. The zero-order valence-corrected chi connectivity index (χ0v) is 7.45. The molecule has 1 aliphatic carbocycles. The number of rotatable bonds is 4. The molecule has 0 spiro atoms. The van der Waals surface area contributed by atoms with Crippen LogP contribution >= 0.6 is 0 Å². The topological polar surface area (TPSA) is 63.6 Å². The molecule has 0 aromatic heterocycles. The fraction of sp³-hybridized carbons (Fsp3) is 0.556. The first-order chi connectivity index (χ1) is 6.13. The van der Waals surface area contributed by atoms with Crippen LogP contribution in [0.4, 0.5) is 0 Å². The van der Waals surface area contributed by atoms with Crippen LogP contribution in [0.3, 0.4) is 0 Å². The van der Waals surface area contributed by atoms with Crippen LogP contribution in [-0.4, -0.2) is 23.5 Å². The van der Waals surface area contributed by atoms with Crippen LogP contribution in [-0.2, 0) is 14.3 Å². The number of carbonyl (C=O) groups is 2. The molecule has 0 aromatic carbocycles. The fourth-order valence-corrected chi connectivity index (χ4v) is 1.35. The molecule has 0 aliphatic heterocycles. The lowest BCUT2D eigenvalue weighted by Gasteiger charge is -2.05. The summed E-state index contributed by atoms with van der Waals surface area (Å²) in [6.07, 6.45) is 1.72. The molecule has 1 atom stereocenters. The van der Waals surface area contributed by atoms with Crippen LogP contribution < -0.4 is 0 Å². The van der Waals surface area contributed by atoms with Gasteiger partial charge in [-0.1, -0.05) is 0 Å². The fourth-order valence-electron chi connectivity index (χ4n) is 1.35. The molecular formula is C9H12O4. The Labute approximate surface area is 76.2 Å². The van der Waals surface area contributed by atoms with E-state index in [0.717, 1.165) is 0 Å². The number of hydrogen-bond donors (Lipinski definition) is 1. The van der Waals surface area contributed by atoms with Gasteiger partial charge in [0.15, 0.2) is 5.78 Å². The zero-order valence-electron chi connectivity index (χ0n) is 7.45. The molecule has 13 heavy (non-hydrogen) atoms. The Kier molecular flexibility index (Phi) is 3.06. The number of aliphatic carboxylic acids is 1. The summed E-state index contributed by atoms with van der Waals surface area (Å²) in [5, 5.41) is 8.49. The molecule has 0 bridgehead atoms. The predicted octanol–water partition coefficient (Wildman–Crippen LogP) is 0.970. The summed E-state index contributed by atoms with van der Waals surface area (Å²) in [4.78, 5) is 21.5. The van der Waals surface area contributed by atoms with E-state index in [1.807, 2.05) is 6.92 Å². The van der Waals surface area contributed by atoms with E-state index in [1.54, 1.807) is 0 Å². The lowest BCUT2D eigenvalue weighted by Crippen LogP contribution is -2.12. The molecule has 4 heteroatoms. The summed E-state index contributed by atoms with van der Waals surface area (Å²) in [6.45, 7) is 2.34. The van der Waals surface area contributed by atoms with Crippen molar-refractivity contribution in [3.63, 3.8) is 0 Å². The molecule has 72 valence electrons. The molecule has 1 N–H and O–H groups in total. The van der Waals surface area contributed by atoms with Crippen molar-refractivity contribution in [2.45, 2.75) is 19.8 Å². The van der Waals surface area contributed by atoms with Gasteiger partial charge in [-0.25, -0.2) is 0 Å². The summed E-state index contributed by atoms with van der Waals surface area (Å²) >= 11 is 0. The van der Waals surface area contributed by atoms with E-state index in [9.17, 15) is 9.59 Å². The predicted molar refractivity (Wildman–Crippen MR) is 45.1 cm³/mol. The highest BCUT2D eigenvalue weighted by molar-refractivity contribution is 5.96. The summed E-state index contributed by atoms with van der Waals surface area (Å²) in [5.41, 5.74) is 0. The Morgan fingerprint density at radius 2 is 2.46 bits per heavy atom. The lowest BCUT2D eigenvalue weighted by atomic mass is 10.0. The van der Waals surface area contributed by atoms with Gasteiger partial charge in [0.2, 0.25) is 0 Å². The first kappa shape index (κ1) is 9.77. The third-order valence-corrected chi connectivity index (χ3v) is 1.90. The first-order valence-electron chi connectivity index (χ1n) is 4.22. The molecule has 1 unspecified atom stereocenters. The molecule has 0 amide bonds. The van der Waals surface area contributed by atoms with E-state index in [2.05, 4.69) is 0 Å². The molecule has 0 saturated carbocycles. The maximum atomic E-state index is 11.2. The van der Waals surface area contributed by atoms with E-state index in [4.69, 9.17) is 9.84 Å². The van der Waals surface area contributed by atoms with Crippen molar-refractivity contribution >= 4 is 11.8 Å². The van der Waals surface area contributed by atoms with E-state index >= 15 is 0 Å². The number of carboxylic acid groups (broad SMARTS) is 1. The normalized spacial score (nSPS) is 21.5. The Morgan fingerprint density at radius 3 is 3.00 bits per heavy atom. The van der Waals surface area contributed by atoms with Gasteiger partial charge in [-0.05, 0) is 6.92 Å². The van der Waals surface area contributed by atoms with Crippen molar-refractivity contribution in [3.05, 3.63) is 11.8 Å². The summed E-state index contributed by atoms with van der Waals surface area (Å²) in [6, 6.07) is 0. The van der Waals surface area contributed by atoms with Gasteiger partial charge in [-0.3, -0.25) is 9.59 Å². The number of hydrogen-bond acceptors (Lipinski definition) is 3. The van der Waals surface area contributed by atoms with Gasteiger partial charge in [0.1, 0.15) is 5.76 Å².